The van der Waals surface area contributed by atoms with Crippen LogP contribution in [-0.4, -0.2) is 20.9 Å². The fraction of sp³-hybridized carbons (Fsp3) is 0.500. The Hall–Kier alpha value is -2.03. The molecule has 1 aliphatic carbocycles. The molecule has 1 fully saturated rings. The molecule has 84 valence electrons. The number of aromatic carboxylic acids is 1. The summed E-state index contributed by atoms with van der Waals surface area (Å²) in [7, 11) is 0. The number of rotatable bonds is 4. The van der Waals surface area contributed by atoms with Crippen molar-refractivity contribution in [3.8, 4) is 6.07 Å². The monoisotopic (exact) mass is 220 g/mol. The molecular formula is C10H12N4O2. The first kappa shape index (κ1) is 10.5. The second kappa shape index (κ2) is 3.52. The number of nitrogen functional groups attached to an aromatic ring is 1. The molecule has 1 heterocycles. The van der Waals surface area contributed by atoms with Crippen molar-refractivity contribution >= 4 is 11.7 Å². The van der Waals surface area contributed by atoms with Crippen molar-refractivity contribution in [2.45, 2.75) is 25.8 Å². The number of hydrogen-bond donors (Lipinski definition) is 2. The van der Waals surface area contributed by atoms with Gasteiger partial charge in [-0.2, -0.15) is 10.4 Å². The van der Waals surface area contributed by atoms with Gasteiger partial charge in [0.15, 0.2) is 5.69 Å². The standard InChI is InChI=1S/C10H12N4O2/c11-4-3-10(1-2-10)6-14-5-7(12)8(13-14)9(15)16/h5H,1-3,6,12H2,(H,15,16). The highest BCUT2D eigenvalue weighted by Gasteiger charge is 2.43. The van der Waals surface area contributed by atoms with Gasteiger partial charge in [-0.25, -0.2) is 4.79 Å². The Balaban J connectivity index is 2.14. The van der Waals surface area contributed by atoms with Gasteiger partial charge in [-0.15, -0.1) is 0 Å². The Labute approximate surface area is 92.3 Å². The predicted octanol–water partition coefficient (Wildman–Crippen LogP) is 0.857. The molecule has 3 N–H and O–H groups in total. The van der Waals surface area contributed by atoms with E-state index in [-0.39, 0.29) is 16.8 Å². The van der Waals surface area contributed by atoms with Gasteiger partial charge in [0.2, 0.25) is 0 Å². The van der Waals surface area contributed by atoms with Crippen molar-refractivity contribution in [3.05, 3.63) is 11.9 Å². The molecule has 1 aliphatic rings. The molecule has 16 heavy (non-hydrogen) atoms. The summed E-state index contributed by atoms with van der Waals surface area (Å²) in [6.45, 7) is 0.568. The summed E-state index contributed by atoms with van der Waals surface area (Å²) in [5.74, 6) is -1.12. The molecule has 0 spiro atoms. The van der Waals surface area contributed by atoms with Crippen LogP contribution in [0.3, 0.4) is 0 Å². The van der Waals surface area contributed by atoms with Crippen LogP contribution in [0.25, 0.3) is 0 Å². The average molecular weight is 220 g/mol. The minimum atomic E-state index is -1.12. The van der Waals surface area contributed by atoms with Crippen LogP contribution in [0.2, 0.25) is 0 Å². The molecule has 1 saturated carbocycles. The van der Waals surface area contributed by atoms with Crippen molar-refractivity contribution < 1.29 is 9.90 Å². The van der Waals surface area contributed by atoms with Gasteiger partial charge in [0.1, 0.15) is 0 Å². The first-order chi connectivity index (χ1) is 7.56. The van der Waals surface area contributed by atoms with Gasteiger partial charge in [-0.05, 0) is 12.8 Å². The van der Waals surface area contributed by atoms with E-state index in [1.165, 1.54) is 10.9 Å². The molecule has 6 heteroatoms. The largest absolute Gasteiger partial charge is 0.476 e. The maximum absolute atomic E-state index is 10.7. The van der Waals surface area contributed by atoms with Gasteiger partial charge >= 0.3 is 5.97 Å². The fourth-order valence-corrected chi connectivity index (χ4v) is 1.76. The number of carbonyl (C=O) groups is 1. The minimum Gasteiger partial charge on any atom is -0.476 e. The molecule has 0 bridgehead atoms. The highest BCUT2D eigenvalue weighted by atomic mass is 16.4. The van der Waals surface area contributed by atoms with Gasteiger partial charge in [0.05, 0.1) is 11.8 Å². The van der Waals surface area contributed by atoms with E-state index in [0.29, 0.717) is 13.0 Å². The summed E-state index contributed by atoms with van der Waals surface area (Å²) in [6.07, 6.45) is 3.97. The molecule has 0 amide bonds. The third-order valence-corrected chi connectivity index (χ3v) is 2.90. The van der Waals surface area contributed by atoms with Crippen LogP contribution in [-0.2, 0) is 6.54 Å². The first-order valence-electron chi connectivity index (χ1n) is 4.99. The van der Waals surface area contributed by atoms with Gasteiger partial charge in [-0.1, -0.05) is 0 Å². The van der Waals surface area contributed by atoms with E-state index in [2.05, 4.69) is 11.2 Å². The molecule has 0 saturated heterocycles. The summed E-state index contributed by atoms with van der Waals surface area (Å²) in [5, 5.41) is 21.4. The van der Waals surface area contributed by atoms with E-state index in [0.717, 1.165) is 12.8 Å². The number of carboxylic acid groups (broad SMARTS) is 1. The van der Waals surface area contributed by atoms with E-state index >= 15 is 0 Å². The van der Waals surface area contributed by atoms with Gasteiger partial charge in [0.25, 0.3) is 0 Å². The third-order valence-electron chi connectivity index (χ3n) is 2.90. The summed E-state index contributed by atoms with van der Waals surface area (Å²) >= 11 is 0. The second-order valence-electron chi connectivity index (χ2n) is 4.27. The van der Waals surface area contributed by atoms with E-state index in [9.17, 15) is 4.79 Å². The SMILES string of the molecule is N#CCC1(Cn2cc(N)c(C(=O)O)n2)CC1. The Morgan fingerprint density at radius 3 is 2.88 bits per heavy atom. The van der Waals surface area contributed by atoms with E-state index in [1.54, 1.807) is 0 Å². The van der Waals surface area contributed by atoms with E-state index in [1.807, 2.05) is 0 Å². The van der Waals surface area contributed by atoms with Crippen LogP contribution in [0.4, 0.5) is 5.69 Å². The fourth-order valence-electron chi connectivity index (χ4n) is 1.76. The molecule has 6 nitrogen and oxygen atoms in total. The lowest BCUT2D eigenvalue weighted by Crippen LogP contribution is -2.12. The van der Waals surface area contributed by atoms with Crippen LogP contribution in [0.5, 0.6) is 0 Å². The van der Waals surface area contributed by atoms with Crippen LogP contribution in [0.15, 0.2) is 6.20 Å². The average Bonchev–Trinajstić information content (AvgIpc) is 2.83. The number of aromatic nitrogens is 2. The number of nitrogens with zero attached hydrogens (tertiary/aromatic N) is 3. The van der Waals surface area contributed by atoms with Gasteiger partial charge < -0.3 is 10.8 Å². The lowest BCUT2D eigenvalue weighted by atomic mass is 10.0. The van der Waals surface area contributed by atoms with E-state index in [4.69, 9.17) is 16.1 Å². The van der Waals surface area contributed by atoms with Crippen LogP contribution in [0, 0.1) is 16.7 Å². The molecule has 1 aromatic rings. The summed E-state index contributed by atoms with van der Waals surface area (Å²) in [6, 6.07) is 2.15. The highest BCUT2D eigenvalue weighted by molar-refractivity contribution is 5.91. The number of anilines is 1. The van der Waals surface area contributed by atoms with Crippen molar-refractivity contribution in [2.75, 3.05) is 5.73 Å². The topological polar surface area (TPSA) is 105 Å². The molecule has 1 aromatic heterocycles. The summed E-state index contributed by atoms with van der Waals surface area (Å²) in [4.78, 5) is 10.7. The Morgan fingerprint density at radius 1 is 1.75 bits per heavy atom. The molecule has 2 rings (SSSR count). The van der Waals surface area contributed by atoms with E-state index < -0.39 is 5.97 Å². The van der Waals surface area contributed by atoms with Crippen molar-refractivity contribution in [1.82, 2.24) is 9.78 Å². The maximum atomic E-state index is 10.7. The third kappa shape index (κ3) is 1.84. The Kier molecular flexibility index (Phi) is 2.31. The van der Waals surface area contributed by atoms with Crippen molar-refractivity contribution in [2.24, 2.45) is 5.41 Å². The number of nitriles is 1. The van der Waals surface area contributed by atoms with Crippen LogP contribution < -0.4 is 5.73 Å². The lowest BCUT2D eigenvalue weighted by Gasteiger charge is -2.09. The predicted molar refractivity (Wildman–Crippen MR) is 55.5 cm³/mol. The van der Waals surface area contributed by atoms with Crippen LogP contribution >= 0.6 is 0 Å². The van der Waals surface area contributed by atoms with Gasteiger partial charge in [-0.3, -0.25) is 4.68 Å². The Morgan fingerprint density at radius 2 is 2.44 bits per heavy atom. The quantitative estimate of drug-likeness (QED) is 0.782. The number of hydrogen-bond acceptors (Lipinski definition) is 4. The van der Waals surface area contributed by atoms with Crippen molar-refractivity contribution in [3.63, 3.8) is 0 Å². The maximum Gasteiger partial charge on any atom is 0.358 e. The number of nitrogens with two attached hydrogens (primary N) is 1. The smallest absolute Gasteiger partial charge is 0.358 e. The normalized spacial score (nSPS) is 16.7. The second-order valence-corrected chi connectivity index (χ2v) is 4.27. The summed E-state index contributed by atoms with van der Waals surface area (Å²) in [5.41, 5.74) is 5.56. The van der Waals surface area contributed by atoms with Crippen LogP contribution in [0.1, 0.15) is 29.8 Å². The minimum absolute atomic E-state index is 0.0109. The molecule has 0 atom stereocenters. The van der Waals surface area contributed by atoms with Gasteiger partial charge in [0, 0.05) is 24.6 Å². The lowest BCUT2D eigenvalue weighted by molar-refractivity contribution is 0.0690. The molecular weight excluding hydrogens is 208 g/mol. The zero-order valence-electron chi connectivity index (χ0n) is 8.68. The molecule has 0 aliphatic heterocycles. The summed E-state index contributed by atoms with van der Waals surface area (Å²) < 4.78 is 1.53. The Bertz CT molecular complexity index is 468. The van der Waals surface area contributed by atoms with Crippen molar-refractivity contribution in [1.29, 1.82) is 5.26 Å². The zero-order chi connectivity index (χ0) is 11.8. The zero-order valence-corrected chi connectivity index (χ0v) is 8.68. The first-order valence-corrected chi connectivity index (χ1v) is 4.99. The highest BCUT2D eigenvalue weighted by Crippen LogP contribution is 2.49. The molecule has 0 radical (unpaired) electrons. The molecule has 0 aromatic carbocycles. The number of carboxylic acids is 1. The molecule has 0 unspecified atom stereocenters.